The van der Waals surface area contributed by atoms with E-state index in [9.17, 15) is 4.79 Å². The number of nitrogens with zero attached hydrogens (tertiary/aromatic N) is 1. The lowest BCUT2D eigenvalue weighted by atomic mass is 10.2. The van der Waals surface area contributed by atoms with Gasteiger partial charge in [-0.15, -0.1) is 0 Å². The number of nitrogens with one attached hydrogen (secondary N) is 1. The predicted molar refractivity (Wildman–Crippen MR) is 50.3 cm³/mol. The van der Waals surface area contributed by atoms with E-state index in [-0.39, 0.29) is 24.6 Å². The highest BCUT2D eigenvalue weighted by Crippen LogP contribution is 2.08. The summed E-state index contributed by atoms with van der Waals surface area (Å²) < 4.78 is 0. The van der Waals surface area contributed by atoms with Gasteiger partial charge in [-0.3, -0.25) is 9.69 Å². The third-order valence-corrected chi connectivity index (χ3v) is 2.61. The minimum Gasteiger partial charge on any atom is -0.395 e. The summed E-state index contributed by atoms with van der Waals surface area (Å²) in [4.78, 5) is 13.0. The van der Waals surface area contributed by atoms with Crippen molar-refractivity contribution in [3.05, 3.63) is 0 Å². The highest BCUT2D eigenvalue weighted by Gasteiger charge is 2.22. The molecule has 0 spiro atoms. The quantitative estimate of drug-likeness (QED) is 0.627. The molecular weight excluding hydrogens is 168 g/mol. The number of carbonyl (C=O) groups is 1. The third kappa shape index (κ3) is 2.97. The maximum absolute atomic E-state index is 10.9. The highest BCUT2D eigenvalue weighted by atomic mass is 16.3. The van der Waals surface area contributed by atoms with Gasteiger partial charge in [0.2, 0.25) is 5.91 Å². The first-order valence-electron chi connectivity index (χ1n) is 4.74. The molecule has 4 heteroatoms. The largest absolute Gasteiger partial charge is 0.395 e. The Morgan fingerprint density at radius 3 is 2.92 bits per heavy atom. The first kappa shape index (κ1) is 10.5. The number of hydrogen-bond donors (Lipinski definition) is 2. The van der Waals surface area contributed by atoms with Crippen LogP contribution in [0.4, 0.5) is 0 Å². The van der Waals surface area contributed by atoms with E-state index in [1.54, 1.807) is 0 Å². The van der Waals surface area contributed by atoms with E-state index >= 15 is 0 Å². The smallest absolute Gasteiger partial charge is 0.220 e. The van der Waals surface area contributed by atoms with Crippen molar-refractivity contribution in [2.24, 2.45) is 0 Å². The Morgan fingerprint density at radius 1 is 1.77 bits per heavy atom. The lowest BCUT2D eigenvalue weighted by Gasteiger charge is -2.25. The summed E-state index contributed by atoms with van der Waals surface area (Å²) in [5.74, 6) is 0.148. The number of rotatable bonds is 4. The van der Waals surface area contributed by atoms with Gasteiger partial charge >= 0.3 is 0 Å². The average molecular weight is 186 g/mol. The Morgan fingerprint density at radius 2 is 2.46 bits per heavy atom. The van der Waals surface area contributed by atoms with Crippen LogP contribution in [0, 0.1) is 0 Å². The molecule has 2 N–H and O–H groups in total. The van der Waals surface area contributed by atoms with Gasteiger partial charge in [0, 0.05) is 25.0 Å². The van der Waals surface area contributed by atoms with Gasteiger partial charge in [-0.2, -0.15) is 0 Å². The molecule has 0 aliphatic carbocycles. The third-order valence-electron chi connectivity index (χ3n) is 2.61. The van der Waals surface area contributed by atoms with Crippen molar-refractivity contribution in [1.82, 2.24) is 10.2 Å². The summed E-state index contributed by atoms with van der Waals surface area (Å²) in [6, 6.07) is 0.434. The van der Waals surface area contributed by atoms with E-state index in [0.29, 0.717) is 6.42 Å². The van der Waals surface area contributed by atoms with Gasteiger partial charge in [-0.25, -0.2) is 0 Å². The van der Waals surface area contributed by atoms with Crippen LogP contribution in [0.25, 0.3) is 0 Å². The number of aliphatic hydroxyl groups is 1. The first-order chi connectivity index (χ1) is 6.13. The Balaban J connectivity index is 2.28. The van der Waals surface area contributed by atoms with Crippen molar-refractivity contribution < 1.29 is 9.90 Å². The number of hydrogen-bond acceptors (Lipinski definition) is 3. The molecule has 13 heavy (non-hydrogen) atoms. The van der Waals surface area contributed by atoms with Crippen molar-refractivity contribution in [2.75, 3.05) is 20.2 Å². The van der Waals surface area contributed by atoms with Crippen LogP contribution in [0.15, 0.2) is 0 Å². The summed E-state index contributed by atoms with van der Waals surface area (Å²) in [7, 11) is 1.96. The monoisotopic (exact) mass is 186 g/mol. The van der Waals surface area contributed by atoms with Gasteiger partial charge in [0.1, 0.15) is 0 Å². The minimum absolute atomic E-state index is 0.148. The molecule has 0 aromatic rings. The minimum atomic E-state index is 0.148. The van der Waals surface area contributed by atoms with Crippen LogP contribution in [-0.2, 0) is 4.79 Å². The molecule has 0 aromatic carbocycles. The molecule has 0 saturated carbocycles. The van der Waals surface area contributed by atoms with Crippen LogP contribution in [0.1, 0.15) is 19.8 Å². The summed E-state index contributed by atoms with van der Waals surface area (Å²) in [5.41, 5.74) is 0. The molecule has 76 valence electrons. The molecule has 1 rings (SSSR count). The summed E-state index contributed by atoms with van der Waals surface area (Å²) >= 11 is 0. The molecule has 1 fully saturated rings. The normalized spacial score (nSPS) is 24.9. The molecule has 0 radical (unpaired) electrons. The molecule has 1 aliphatic rings. The lowest BCUT2D eigenvalue weighted by Crippen LogP contribution is -2.41. The van der Waals surface area contributed by atoms with Crippen molar-refractivity contribution in [2.45, 2.75) is 31.8 Å². The van der Waals surface area contributed by atoms with Gasteiger partial charge in [-0.1, -0.05) is 0 Å². The number of aliphatic hydroxyl groups excluding tert-OH is 1. The van der Waals surface area contributed by atoms with Gasteiger partial charge in [0.15, 0.2) is 0 Å². The Hall–Kier alpha value is -0.610. The molecular formula is C9H18N2O2. The van der Waals surface area contributed by atoms with Gasteiger partial charge < -0.3 is 10.4 Å². The standard InChI is InChI=1S/C9H18N2O2/c1-7(6-12)11(2)5-8-3-4-9(13)10-8/h7-8,12H,3-6H2,1-2H3,(H,10,13). The second kappa shape index (κ2) is 4.58. The summed E-state index contributed by atoms with van der Waals surface area (Å²) in [6.45, 7) is 2.96. The molecule has 1 heterocycles. The van der Waals surface area contributed by atoms with Gasteiger partial charge in [0.25, 0.3) is 0 Å². The first-order valence-corrected chi connectivity index (χ1v) is 4.74. The van der Waals surface area contributed by atoms with Crippen molar-refractivity contribution >= 4 is 5.91 Å². The van der Waals surface area contributed by atoms with Crippen LogP contribution in [0.2, 0.25) is 0 Å². The van der Waals surface area contributed by atoms with E-state index in [4.69, 9.17) is 5.11 Å². The molecule has 2 atom stereocenters. The van der Waals surface area contributed by atoms with Crippen LogP contribution < -0.4 is 5.32 Å². The second-order valence-electron chi connectivity index (χ2n) is 3.77. The maximum Gasteiger partial charge on any atom is 0.220 e. The summed E-state index contributed by atoms with van der Waals surface area (Å²) in [6.07, 6.45) is 1.56. The zero-order valence-electron chi connectivity index (χ0n) is 8.29. The van der Waals surface area contributed by atoms with E-state index in [2.05, 4.69) is 10.2 Å². The van der Waals surface area contributed by atoms with E-state index in [1.165, 1.54) is 0 Å². The number of amides is 1. The fraction of sp³-hybridized carbons (Fsp3) is 0.889. The molecule has 0 bridgehead atoms. The molecule has 1 amide bonds. The van der Waals surface area contributed by atoms with Crippen LogP contribution >= 0.6 is 0 Å². The van der Waals surface area contributed by atoms with Gasteiger partial charge in [0.05, 0.1) is 6.61 Å². The summed E-state index contributed by atoms with van der Waals surface area (Å²) in [5, 5.41) is 11.8. The van der Waals surface area contributed by atoms with Crippen molar-refractivity contribution in [3.63, 3.8) is 0 Å². The van der Waals surface area contributed by atoms with Gasteiger partial charge in [-0.05, 0) is 20.4 Å². The van der Waals surface area contributed by atoms with Crippen molar-refractivity contribution in [3.8, 4) is 0 Å². The zero-order chi connectivity index (χ0) is 9.84. The average Bonchev–Trinajstić information content (AvgIpc) is 2.49. The SMILES string of the molecule is CC(CO)N(C)CC1CCC(=O)N1. The number of carbonyl (C=O) groups excluding carboxylic acids is 1. The fourth-order valence-electron chi connectivity index (χ4n) is 1.48. The molecule has 1 aliphatic heterocycles. The highest BCUT2D eigenvalue weighted by molar-refractivity contribution is 5.78. The zero-order valence-corrected chi connectivity index (χ0v) is 8.29. The Bertz CT molecular complexity index is 184. The molecule has 2 unspecified atom stereocenters. The number of likely N-dealkylation sites (N-methyl/N-ethyl adjacent to an activating group) is 1. The van der Waals surface area contributed by atoms with Crippen LogP contribution in [-0.4, -0.2) is 48.2 Å². The Labute approximate surface area is 78.9 Å². The molecule has 4 nitrogen and oxygen atoms in total. The fourth-order valence-corrected chi connectivity index (χ4v) is 1.48. The predicted octanol–water partition coefficient (Wildman–Crippen LogP) is -0.422. The van der Waals surface area contributed by atoms with Crippen LogP contribution in [0.5, 0.6) is 0 Å². The van der Waals surface area contributed by atoms with E-state index in [1.807, 2.05) is 14.0 Å². The molecule has 1 saturated heterocycles. The van der Waals surface area contributed by atoms with Crippen molar-refractivity contribution in [1.29, 1.82) is 0 Å². The maximum atomic E-state index is 10.9. The Kier molecular flexibility index (Phi) is 3.69. The lowest BCUT2D eigenvalue weighted by molar-refractivity contribution is -0.119. The van der Waals surface area contributed by atoms with E-state index < -0.39 is 0 Å². The topological polar surface area (TPSA) is 52.6 Å². The van der Waals surface area contributed by atoms with E-state index in [0.717, 1.165) is 13.0 Å². The van der Waals surface area contributed by atoms with Crippen LogP contribution in [0.3, 0.4) is 0 Å². The second-order valence-corrected chi connectivity index (χ2v) is 3.77. The molecule has 0 aromatic heterocycles.